The van der Waals surface area contributed by atoms with Crippen LogP contribution in [0.25, 0.3) is 0 Å². The largest absolute Gasteiger partial charge is 0.493 e. The molecular formula is C21H23NO6. The Morgan fingerprint density at radius 1 is 0.964 bits per heavy atom. The summed E-state index contributed by atoms with van der Waals surface area (Å²) in [6.07, 6.45) is 0.879. The van der Waals surface area contributed by atoms with Gasteiger partial charge in [-0.25, -0.2) is 4.79 Å². The van der Waals surface area contributed by atoms with E-state index in [9.17, 15) is 19.5 Å². The predicted octanol–water partition coefficient (Wildman–Crippen LogP) is 3.57. The number of carboxylic acid groups (broad SMARTS) is 1. The highest BCUT2D eigenvalue weighted by atomic mass is 16.5. The molecule has 0 fully saturated rings. The molecule has 0 aromatic heterocycles. The molecule has 0 saturated heterocycles. The number of Topliss-reactive ketones (excluding diaryl/α,β-unsaturated/α-hetero) is 1. The van der Waals surface area contributed by atoms with Gasteiger partial charge < -0.3 is 19.9 Å². The highest BCUT2D eigenvalue weighted by Gasteiger charge is 2.18. The third kappa shape index (κ3) is 5.09. The lowest BCUT2D eigenvalue weighted by Crippen LogP contribution is -2.15. The predicted molar refractivity (Wildman–Crippen MR) is 105 cm³/mol. The number of anilines is 1. The number of aromatic carboxylic acids is 1. The average Bonchev–Trinajstić information content (AvgIpc) is 2.71. The van der Waals surface area contributed by atoms with E-state index in [1.54, 1.807) is 12.1 Å². The lowest BCUT2D eigenvalue weighted by molar-refractivity contribution is -0.116. The Kier molecular flexibility index (Phi) is 7.14. The van der Waals surface area contributed by atoms with Crippen molar-refractivity contribution in [1.29, 1.82) is 0 Å². The summed E-state index contributed by atoms with van der Waals surface area (Å²) in [7, 11) is 2.76. The van der Waals surface area contributed by atoms with Gasteiger partial charge in [0.15, 0.2) is 17.3 Å². The van der Waals surface area contributed by atoms with Gasteiger partial charge in [-0.05, 0) is 24.1 Å². The van der Waals surface area contributed by atoms with E-state index >= 15 is 0 Å². The third-order valence-corrected chi connectivity index (χ3v) is 4.26. The standard InChI is InChI=1S/C21H23NO6/c1-4-13-5-7-14(8-6-13)17(23)9-10-19(24)22-16-11-15(21(25)26)12-18(27-2)20(16)28-3/h5-8,11-12H,4,9-10H2,1-3H3,(H,22,24)(H,25,26). The van der Waals surface area contributed by atoms with Gasteiger partial charge in [-0.3, -0.25) is 9.59 Å². The van der Waals surface area contributed by atoms with Crippen LogP contribution in [-0.4, -0.2) is 37.0 Å². The summed E-state index contributed by atoms with van der Waals surface area (Å²) in [6.45, 7) is 2.03. The minimum absolute atomic E-state index is 0.0371. The van der Waals surface area contributed by atoms with Gasteiger partial charge in [0.25, 0.3) is 0 Å². The molecular weight excluding hydrogens is 362 g/mol. The van der Waals surface area contributed by atoms with E-state index in [-0.39, 0.29) is 41.4 Å². The number of carboxylic acids is 1. The lowest BCUT2D eigenvalue weighted by atomic mass is 10.0. The quantitative estimate of drug-likeness (QED) is 0.640. The first kappa shape index (κ1) is 21.0. The minimum atomic E-state index is -1.16. The fourth-order valence-electron chi connectivity index (χ4n) is 2.69. The maximum absolute atomic E-state index is 12.3. The topological polar surface area (TPSA) is 102 Å². The fraction of sp³-hybridized carbons (Fsp3) is 0.286. The van der Waals surface area contributed by atoms with Crippen LogP contribution in [0.4, 0.5) is 5.69 Å². The van der Waals surface area contributed by atoms with Crippen molar-refractivity contribution in [2.45, 2.75) is 26.2 Å². The number of methoxy groups -OCH3 is 2. The zero-order chi connectivity index (χ0) is 20.7. The second kappa shape index (κ2) is 9.55. The molecule has 2 rings (SSSR count). The molecule has 0 spiro atoms. The molecule has 148 valence electrons. The summed E-state index contributed by atoms with van der Waals surface area (Å²) >= 11 is 0. The monoisotopic (exact) mass is 385 g/mol. The number of benzene rings is 2. The zero-order valence-electron chi connectivity index (χ0n) is 16.1. The second-order valence-corrected chi connectivity index (χ2v) is 6.09. The number of carbonyl (C=O) groups is 3. The van der Waals surface area contributed by atoms with Crippen LogP contribution >= 0.6 is 0 Å². The zero-order valence-corrected chi connectivity index (χ0v) is 16.1. The Balaban J connectivity index is 2.08. The number of ether oxygens (including phenoxy) is 2. The fourth-order valence-corrected chi connectivity index (χ4v) is 2.69. The highest BCUT2D eigenvalue weighted by molar-refractivity contribution is 6.01. The van der Waals surface area contributed by atoms with Gasteiger partial charge in [-0.15, -0.1) is 0 Å². The van der Waals surface area contributed by atoms with E-state index in [0.29, 0.717) is 5.56 Å². The summed E-state index contributed by atoms with van der Waals surface area (Å²) < 4.78 is 10.4. The van der Waals surface area contributed by atoms with Crippen LogP contribution in [0.3, 0.4) is 0 Å². The minimum Gasteiger partial charge on any atom is -0.493 e. The van der Waals surface area contributed by atoms with Gasteiger partial charge in [-0.1, -0.05) is 31.2 Å². The molecule has 7 heteroatoms. The van der Waals surface area contributed by atoms with E-state index in [0.717, 1.165) is 12.0 Å². The van der Waals surface area contributed by atoms with Gasteiger partial charge >= 0.3 is 5.97 Å². The Bertz CT molecular complexity index is 873. The van der Waals surface area contributed by atoms with Crippen molar-refractivity contribution in [2.75, 3.05) is 19.5 Å². The molecule has 2 aromatic rings. The first-order chi connectivity index (χ1) is 13.4. The number of nitrogens with one attached hydrogen (secondary N) is 1. The Morgan fingerprint density at radius 2 is 1.64 bits per heavy atom. The number of amides is 1. The normalized spacial score (nSPS) is 10.2. The van der Waals surface area contributed by atoms with Crippen LogP contribution < -0.4 is 14.8 Å². The van der Waals surface area contributed by atoms with Gasteiger partial charge in [0.05, 0.1) is 25.5 Å². The molecule has 0 radical (unpaired) electrons. The maximum Gasteiger partial charge on any atom is 0.335 e. The summed E-state index contributed by atoms with van der Waals surface area (Å²) in [6, 6.07) is 9.88. The first-order valence-electron chi connectivity index (χ1n) is 8.80. The molecule has 28 heavy (non-hydrogen) atoms. The van der Waals surface area contributed by atoms with Gasteiger partial charge in [-0.2, -0.15) is 0 Å². The van der Waals surface area contributed by atoms with Crippen LogP contribution in [0.2, 0.25) is 0 Å². The molecule has 2 N–H and O–H groups in total. The van der Waals surface area contributed by atoms with Crippen molar-refractivity contribution in [3.63, 3.8) is 0 Å². The highest BCUT2D eigenvalue weighted by Crippen LogP contribution is 2.36. The SMILES string of the molecule is CCc1ccc(C(=O)CCC(=O)Nc2cc(C(=O)O)cc(OC)c2OC)cc1. The summed E-state index contributed by atoms with van der Waals surface area (Å²) in [4.78, 5) is 35.8. The van der Waals surface area contributed by atoms with Gasteiger partial charge in [0.1, 0.15) is 0 Å². The summed E-state index contributed by atoms with van der Waals surface area (Å²) in [5, 5.41) is 11.8. The molecule has 0 heterocycles. The third-order valence-electron chi connectivity index (χ3n) is 4.26. The van der Waals surface area contributed by atoms with Crippen molar-refractivity contribution in [1.82, 2.24) is 0 Å². The number of hydrogen-bond donors (Lipinski definition) is 2. The van der Waals surface area contributed by atoms with Crippen molar-refractivity contribution >= 4 is 23.3 Å². The van der Waals surface area contributed by atoms with Crippen LogP contribution in [0.1, 0.15) is 46.0 Å². The Morgan fingerprint density at radius 3 is 2.18 bits per heavy atom. The van der Waals surface area contributed by atoms with E-state index in [4.69, 9.17) is 9.47 Å². The Hall–Kier alpha value is -3.35. The number of hydrogen-bond acceptors (Lipinski definition) is 5. The summed E-state index contributed by atoms with van der Waals surface area (Å²) in [5.74, 6) is -1.34. The van der Waals surface area contributed by atoms with E-state index in [1.807, 2.05) is 19.1 Å². The van der Waals surface area contributed by atoms with E-state index in [1.165, 1.54) is 26.4 Å². The van der Waals surface area contributed by atoms with E-state index in [2.05, 4.69) is 5.32 Å². The van der Waals surface area contributed by atoms with E-state index < -0.39 is 11.9 Å². The van der Waals surface area contributed by atoms with Crippen molar-refractivity contribution in [3.05, 3.63) is 53.1 Å². The van der Waals surface area contributed by atoms with Crippen molar-refractivity contribution < 1.29 is 29.0 Å². The molecule has 0 saturated carbocycles. The lowest BCUT2D eigenvalue weighted by Gasteiger charge is -2.14. The molecule has 0 aliphatic rings. The van der Waals surface area contributed by atoms with Crippen LogP contribution in [0, 0.1) is 0 Å². The van der Waals surface area contributed by atoms with Crippen LogP contribution in [0.15, 0.2) is 36.4 Å². The van der Waals surface area contributed by atoms with Gasteiger partial charge in [0, 0.05) is 18.4 Å². The number of carbonyl (C=O) groups excluding carboxylic acids is 2. The maximum atomic E-state index is 12.3. The average molecular weight is 385 g/mol. The molecule has 2 aromatic carbocycles. The van der Waals surface area contributed by atoms with Gasteiger partial charge in [0.2, 0.25) is 5.91 Å². The molecule has 0 aliphatic heterocycles. The van der Waals surface area contributed by atoms with Crippen LogP contribution in [0.5, 0.6) is 11.5 Å². The molecule has 7 nitrogen and oxygen atoms in total. The van der Waals surface area contributed by atoms with Crippen molar-refractivity contribution in [3.8, 4) is 11.5 Å². The number of aryl methyl sites for hydroxylation is 1. The number of ketones is 1. The number of rotatable bonds is 9. The molecule has 0 unspecified atom stereocenters. The van der Waals surface area contributed by atoms with Crippen LogP contribution in [-0.2, 0) is 11.2 Å². The molecule has 0 bridgehead atoms. The molecule has 1 amide bonds. The first-order valence-corrected chi connectivity index (χ1v) is 8.80. The van der Waals surface area contributed by atoms with Crippen molar-refractivity contribution in [2.24, 2.45) is 0 Å². The molecule has 0 aliphatic carbocycles. The second-order valence-electron chi connectivity index (χ2n) is 6.09. The smallest absolute Gasteiger partial charge is 0.335 e. The Labute approximate surface area is 163 Å². The summed E-state index contributed by atoms with van der Waals surface area (Å²) in [5.41, 5.74) is 1.80. The molecule has 0 atom stereocenters.